The van der Waals surface area contributed by atoms with Gasteiger partial charge in [0, 0.05) is 23.9 Å². The van der Waals surface area contributed by atoms with Crippen LogP contribution in [-0.2, 0) is 9.59 Å². The summed E-state index contributed by atoms with van der Waals surface area (Å²) >= 11 is 0. The highest BCUT2D eigenvalue weighted by Crippen LogP contribution is 2.13. The molecule has 1 saturated heterocycles. The van der Waals surface area contributed by atoms with Crippen LogP contribution in [0.2, 0.25) is 0 Å². The van der Waals surface area contributed by atoms with Gasteiger partial charge in [-0.15, -0.1) is 0 Å². The van der Waals surface area contributed by atoms with Crippen molar-refractivity contribution in [2.75, 3.05) is 43.4 Å². The molecule has 7 heteroatoms. The molecule has 146 valence electrons. The first kappa shape index (κ1) is 19.6. The van der Waals surface area contributed by atoms with Gasteiger partial charge < -0.3 is 20.4 Å². The SMILES string of the molecule is CC(=O)Nc1ccc(NC(=O)C[NH+]2CCN(C(=O)c3ccccc3)CC2)cc1. The molecular formula is C21H25N4O3+. The van der Waals surface area contributed by atoms with Crippen LogP contribution in [0.1, 0.15) is 17.3 Å². The molecule has 1 fully saturated rings. The van der Waals surface area contributed by atoms with Crippen LogP contribution in [-0.4, -0.2) is 55.3 Å². The quantitative estimate of drug-likeness (QED) is 0.710. The third kappa shape index (κ3) is 5.40. The topological polar surface area (TPSA) is 82.9 Å². The molecule has 3 N–H and O–H groups in total. The Balaban J connectivity index is 1.45. The lowest BCUT2D eigenvalue weighted by Crippen LogP contribution is -3.15. The van der Waals surface area contributed by atoms with E-state index in [9.17, 15) is 14.4 Å². The van der Waals surface area contributed by atoms with Crippen molar-refractivity contribution in [3.05, 3.63) is 60.2 Å². The summed E-state index contributed by atoms with van der Waals surface area (Å²) in [4.78, 5) is 38.8. The number of hydrogen-bond donors (Lipinski definition) is 3. The molecule has 1 aliphatic rings. The largest absolute Gasteiger partial charge is 0.327 e. The molecular weight excluding hydrogens is 356 g/mol. The van der Waals surface area contributed by atoms with Gasteiger partial charge in [0.05, 0.1) is 26.2 Å². The fourth-order valence-corrected chi connectivity index (χ4v) is 3.24. The lowest BCUT2D eigenvalue weighted by Gasteiger charge is -2.32. The average molecular weight is 381 g/mol. The minimum Gasteiger partial charge on any atom is -0.327 e. The number of quaternary nitrogens is 1. The summed E-state index contributed by atoms with van der Waals surface area (Å²) < 4.78 is 0. The first-order valence-electron chi connectivity index (χ1n) is 9.36. The van der Waals surface area contributed by atoms with E-state index in [0.29, 0.717) is 36.6 Å². The monoisotopic (exact) mass is 381 g/mol. The second-order valence-corrected chi connectivity index (χ2v) is 6.89. The smallest absolute Gasteiger partial charge is 0.279 e. The van der Waals surface area contributed by atoms with Gasteiger partial charge in [-0.1, -0.05) is 18.2 Å². The van der Waals surface area contributed by atoms with E-state index in [0.717, 1.165) is 18.0 Å². The number of piperazine rings is 1. The van der Waals surface area contributed by atoms with Gasteiger partial charge in [0.15, 0.2) is 6.54 Å². The molecule has 0 aromatic heterocycles. The van der Waals surface area contributed by atoms with E-state index < -0.39 is 0 Å². The second kappa shape index (κ2) is 9.14. The number of amides is 3. The zero-order chi connectivity index (χ0) is 19.9. The van der Waals surface area contributed by atoms with Crippen molar-refractivity contribution in [2.24, 2.45) is 0 Å². The fourth-order valence-electron chi connectivity index (χ4n) is 3.24. The number of benzene rings is 2. The minimum atomic E-state index is -0.134. The van der Waals surface area contributed by atoms with Crippen molar-refractivity contribution in [1.82, 2.24) is 4.90 Å². The van der Waals surface area contributed by atoms with Crippen LogP contribution in [0.4, 0.5) is 11.4 Å². The van der Waals surface area contributed by atoms with Gasteiger partial charge in [-0.2, -0.15) is 0 Å². The molecule has 1 aliphatic heterocycles. The molecule has 0 aliphatic carbocycles. The van der Waals surface area contributed by atoms with Crippen LogP contribution in [0.25, 0.3) is 0 Å². The number of carbonyl (C=O) groups excluding carboxylic acids is 3. The van der Waals surface area contributed by atoms with Crippen molar-refractivity contribution < 1.29 is 19.3 Å². The van der Waals surface area contributed by atoms with Crippen molar-refractivity contribution in [2.45, 2.75) is 6.92 Å². The number of rotatable bonds is 5. The average Bonchev–Trinajstić information content (AvgIpc) is 2.70. The van der Waals surface area contributed by atoms with Gasteiger partial charge in [0.1, 0.15) is 0 Å². The molecule has 0 atom stereocenters. The highest BCUT2D eigenvalue weighted by atomic mass is 16.2. The Bertz CT molecular complexity index is 828. The summed E-state index contributed by atoms with van der Waals surface area (Å²) in [6.07, 6.45) is 0. The summed E-state index contributed by atoms with van der Waals surface area (Å²) in [7, 11) is 0. The Hall–Kier alpha value is -3.19. The third-order valence-corrected chi connectivity index (χ3v) is 4.68. The minimum absolute atomic E-state index is 0.0448. The van der Waals surface area contributed by atoms with E-state index in [1.165, 1.54) is 6.92 Å². The number of nitrogens with zero attached hydrogens (tertiary/aromatic N) is 1. The first-order valence-corrected chi connectivity index (χ1v) is 9.36. The van der Waals surface area contributed by atoms with Crippen molar-refractivity contribution in [1.29, 1.82) is 0 Å². The van der Waals surface area contributed by atoms with Crippen LogP contribution in [0, 0.1) is 0 Å². The maximum absolute atomic E-state index is 12.5. The normalized spacial score (nSPS) is 14.4. The second-order valence-electron chi connectivity index (χ2n) is 6.89. The molecule has 0 unspecified atom stereocenters. The van der Waals surface area contributed by atoms with Crippen LogP contribution in [0.15, 0.2) is 54.6 Å². The Morgan fingerprint density at radius 2 is 1.46 bits per heavy atom. The van der Waals surface area contributed by atoms with Crippen LogP contribution < -0.4 is 15.5 Å². The van der Waals surface area contributed by atoms with Gasteiger partial charge >= 0.3 is 0 Å². The van der Waals surface area contributed by atoms with Gasteiger partial charge in [0.25, 0.3) is 11.8 Å². The van der Waals surface area contributed by atoms with E-state index in [2.05, 4.69) is 10.6 Å². The standard InChI is InChI=1S/C21H24N4O3/c1-16(26)22-18-7-9-19(10-8-18)23-20(27)15-24-11-13-25(14-12-24)21(28)17-5-3-2-4-6-17/h2-10H,11-15H2,1H3,(H,22,26)(H,23,27)/p+1. The lowest BCUT2D eigenvalue weighted by atomic mass is 10.2. The van der Waals surface area contributed by atoms with Gasteiger partial charge in [0.2, 0.25) is 5.91 Å². The number of hydrogen-bond acceptors (Lipinski definition) is 3. The highest BCUT2D eigenvalue weighted by molar-refractivity contribution is 5.94. The van der Waals surface area contributed by atoms with E-state index in [1.807, 2.05) is 35.2 Å². The molecule has 2 aromatic carbocycles. The highest BCUT2D eigenvalue weighted by Gasteiger charge is 2.25. The van der Waals surface area contributed by atoms with Crippen molar-refractivity contribution in [3.8, 4) is 0 Å². The summed E-state index contributed by atoms with van der Waals surface area (Å²) in [6.45, 7) is 4.58. The first-order chi connectivity index (χ1) is 13.5. The predicted octanol–water partition coefficient (Wildman–Crippen LogP) is 0.624. The fraction of sp³-hybridized carbons (Fsp3) is 0.286. The van der Waals surface area contributed by atoms with Crippen LogP contribution in [0.5, 0.6) is 0 Å². The van der Waals surface area contributed by atoms with E-state index in [-0.39, 0.29) is 17.7 Å². The van der Waals surface area contributed by atoms with Gasteiger partial charge in [-0.05, 0) is 36.4 Å². The molecule has 0 radical (unpaired) electrons. The molecule has 0 spiro atoms. The Morgan fingerprint density at radius 3 is 2.04 bits per heavy atom. The zero-order valence-corrected chi connectivity index (χ0v) is 15.9. The third-order valence-electron chi connectivity index (χ3n) is 4.68. The van der Waals surface area contributed by atoms with E-state index in [4.69, 9.17) is 0 Å². The maximum atomic E-state index is 12.5. The molecule has 0 bridgehead atoms. The van der Waals surface area contributed by atoms with E-state index in [1.54, 1.807) is 24.3 Å². The predicted molar refractivity (Wildman–Crippen MR) is 107 cm³/mol. The van der Waals surface area contributed by atoms with Gasteiger partial charge in [-0.25, -0.2) is 0 Å². The Labute approximate surface area is 164 Å². The maximum Gasteiger partial charge on any atom is 0.279 e. The van der Waals surface area contributed by atoms with Crippen molar-refractivity contribution >= 4 is 29.1 Å². The molecule has 1 heterocycles. The molecule has 0 saturated carbocycles. The molecule has 7 nitrogen and oxygen atoms in total. The Morgan fingerprint density at radius 1 is 0.893 bits per heavy atom. The van der Waals surface area contributed by atoms with E-state index >= 15 is 0 Å². The summed E-state index contributed by atoms with van der Waals surface area (Å²) in [5.74, 6) is -0.154. The number of carbonyl (C=O) groups is 3. The lowest BCUT2D eigenvalue weighted by molar-refractivity contribution is -0.895. The summed E-state index contributed by atoms with van der Waals surface area (Å²) in [5, 5.41) is 5.56. The summed E-state index contributed by atoms with van der Waals surface area (Å²) in [5.41, 5.74) is 2.08. The molecule has 28 heavy (non-hydrogen) atoms. The molecule has 3 amide bonds. The number of nitrogens with one attached hydrogen (secondary N) is 3. The summed E-state index contributed by atoms with van der Waals surface area (Å²) in [6, 6.07) is 16.3. The van der Waals surface area contributed by atoms with Crippen LogP contribution in [0.3, 0.4) is 0 Å². The molecule has 2 aromatic rings. The van der Waals surface area contributed by atoms with Gasteiger partial charge in [-0.3, -0.25) is 14.4 Å². The number of anilines is 2. The molecule has 3 rings (SSSR count). The zero-order valence-electron chi connectivity index (χ0n) is 15.9. The van der Waals surface area contributed by atoms with Crippen LogP contribution >= 0.6 is 0 Å². The Kier molecular flexibility index (Phi) is 6.39. The van der Waals surface area contributed by atoms with Crippen molar-refractivity contribution in [3.63, 3.8) is 0 Å².